The number of ether oxygens (including phenoxy) is 1. The third-order valence-corrected chi connectivity index (χ3v) is 4.96. The first-order valence-corrected chi connectivity index (χ1v) is 9.08. The number of thioether (sulfide) groups is 1. The largest absolute Gasteiger partial charge is 0.468 e. The van der Waals surface area contributed by atoms with Crippen molar-refractivity contribution in [3.8, 4) is 17.2 Å². The van der Waals surface area contributed by atoms with E-state index in [-0.39, 0.29) is 5.97 Å². The Bertz CT molecular complexity index is 925. The van der Waals surface area contributed by atoms with E-state index in [4.69, 9.17) is 4.74 Å². The van der Waals surface area contributed by atoms with E-state index < -0.39 is 5.25 Å². The second-order valence-electron chi connectivity index (χ2n) is 5.93. The molecule has 6 nitrogen and oxygen atoms in total. The lowest BCUT2D eigenvalue weighted by Gasteiger charge is -2.14. The highest BCUT2D eigenvalue weighted by Gasteiger charge is 2.23. The van der Waals surface area contributed by atoms with Gasteiger partial charge < -0.3 is 4.74 Å². The second-order valence-corrected chi connectivity index (χ2v) is 7.24. The smallest absolute Gasteiger partial charge is 0.318 e. The lowest BCUT2D eigenvalue weighted by atomic mass is 10.1. The molecule has 7 heteroatoms. The van der Waals surface area contributed by atoms with Crippen LogP contribution in [0.5, 0.6) is 0 Å². The fourth-order valence-electron chi connectivity index (χ4n) is 2.65. The fourth-order valence-corrected chi connectivity index (χ4v) is 3.54. The highest BCUT2D eigenvalue weighted by atomic mass is 32.2. The van der Waals surface area contributed by atoms with Crippen LogP contribution < -0.4 is 0 Å². The van der Waals surface area contributed by atoms with E-state index in [9.17, 15) is 4.79 Å². The molecule has 0 aliphatic carbocycles. The molecule has 0 aliphatic rings. The molecule has 0 fully saturated rings. The van der Waals surface area contributed by atoms with Crippen LogP contribution in [0.25, 0.3) is 17.2 Å². The van der Waals surface area contributed by atoms with Gasteiger partial charge in [0.25, 0.3) is 0 Å². The van der Waals surface area contributed by atoms with Gasteiger partial charge in [0.15, 0.2) is 11.0 Å². The van der Waals surface area contributed by atoms with Crippen molar-refractivity contribution in [2.45, 2.75) is 31.2 Å². The van der Waals surface area contributed by atoms with E-state index in [1.807, 2.05) is 41.8 Å². The number of esters is 1. The summed E-state index contributed by atoms with van der Waals surface area (Å²) in [4.78, 5) is 16.2. The van der Waals surface area contributed by atoms with Crippen molar-refractivity contribution in [1.29, 1.82) is 0 Å². The molecule has 134 valence electrons. The van der Waals surface area contributed by atoms with Gasteiger partial charge in [-0.1, -0.05) is 35.5 Å². The van der Waals surface area contributed by atoms with Gasteiger partial charge in [0.05, 0.1) is 12.8 Å². The zero-order valence-corrected chi connectivity index (χ0v) is 15.9. The van der Waals surface area contributed by atoms with Gasteiger partial charge in [-0.2, -0.15) is 0 Å². The van der Waals surface area contributed by atoms with Crippen LogP contribution in [0.3, 0.4) is 0 Å². The summed E-state index contributed by atoms with van der Waals surface area (Å²) >= 11 is 1.31. The van der Waals surface area contributed by atoms with E-state index in [1.165, 1.54) is 24.4 Å². The van der Waals surface area contributed by atoms with Crippen molar-refractivity contribution in [2.75, 3.05) is 7.11 Å². The molecule has 3 aromatic rings. The van der Waals surface area contributed by atoms with Crippen molar-refractivity contribution in [3.63, 3.8) is 0 Å². The van der Waals surface area contributed by atoms with Gasteiger partial charge in [0, 0.05) is 6.20 Å². The molecule has 0 radical (unpaired) electrons. The highest BCUT2D eigenvalue weighted by Crippen LogP contribution is 2.31. The van der Waals surface area contributed by atoms with Crippen molar-refractivity contribution in [2.24, 2.45) is 0 Å². The number of carbonyl (C=O) groups is 1. The first kappa shape index (κ1) is 18.1. The molecule has 1 atom stereocenters. The summed E-state index contributed by atoms with van der Waals surface area (Å²) in [5.74, 6) is 0.335. The molecule has 3 rings (SSSR count). The number of aryl methyl sites for hydroxylation is 2. The van der Waals surface area contributed by atoms with E-state index in [0.717, 1.165) is 16.9 Å². The predicted octanol–water partition coefficient (Wildman–Crippen LogP) is 3.60. The van der Waals surface area contributed by atoms with Gasteiger partial charge >= 0.3 is 5.97 Å². The van der Waals surface area contributed by atoms with Crippen LogP contribution in [0.1, 0.15) is 18.1 Å². The summed E-state index contributed by atoms with van der Waals surface area (Å²) in [6.07, 6.45) is 1.72. The molecule has 0 unspecified atom stereocenters. The molecule has 1 aromatic carbocycles. The van der Waals surface area contributed by atoms with E-state index >= 15 is 0 Å². The standard InChI is InChI=1S/C19H20N4O2S/c1-12-8-9-16(13(2)11-12)23-17(15-7-5-6-10-20-15)21-22-19(23)26-14(3)18(24)25-4/h5-11,14H,1-4H3/t14-/m0/s1. The Morgan fingerprint density at radius 2 is 2.00 bits per heavy atom. The summed E-state index contributed by atoms with van der Waals surface area (Å²) in [6, 6.07) is 11.8. The molecule has 0 amide bonds. The summed E-state index contributed by atoms with van der Waals surface area (Å²) in [5, 5.41) is 8.88. The summed E-state index contributed by atoms with van der Waals surface area (Å²) in [6.45, 7) is 5.89. The van der Waals surface area contributed by atoms with Gasteiger partial charge in [-0.3, -0.25) is 14.3 Å². The molecule has 0 saturated carbocycles. The fraction of sp³-hybridized carbons (Fsp3) is 0.263. The lowest BCUT2D eigenvalue weighted by molar-refractivity contribution is -0.139. The Balaban J connectivity index is 2.14. The molecule has 0 spiro atoms. The zero-order chi connectivity index (χ0) is 18.7. The Hall–Kier alpha value is -2.67. The first-order valence-electron chi connectivity index (χ1n) is 8.20. The zero-order valence-electron chi connectivity index (χ0n) is 15.1. The van der Waals surface area contributed by atoms with Crippen LogP contribution in [0, 0.1) is 13.8 Å². The van der Waals surface area contributed by atoms with Crippen LogP contribution in [0.15, 0.2) is 47.8 Å². The molecular formula is C19H20N4O2S. The molecular weight excluding hydrogens is 348 g/mol. The lowest BCUT2D eigenvalue weighted by Crippen LogP contribution is -2.15. The third-order valence-electron chi connectivity index (χ3n) is 3.94. The van der Waals surface area contributed by atoms with Crippen LogP contribution in [-0.4, -0.2) is 38.1 Å². The average Bonchev–Trinajstić information content (AvgIpc) is 3.05. The second kappa shape index (κ2) is 7.70. The van der Waals surface area contributed by atoms with Crippen LogP contribution in [-0.2, 0) is 9.53 Å². The Morgan fingerprint density at radius 1 is 1.19 bits per heavy atom. The minimum absolute atomic E-state index is 0.301. The van der Waals surface area contributed by atoms with E-state index in [2.05, 4.69) is 28.2 Å². The molecule has 2 aromatic heterocycles. The van der Waals surface area contributed by atoms with Crippen molar-refractivity contribution in [3.05, 3.63) is 53.7 Å². The minimum atomic E-state index is -0.398. The number of benzene rings is 1. The van der Waals surface area contributed by atoms with Gasteiger partial charge in [0.2, 0.25) is 0 Å². The number of hydrogen-bond acceptors (Lipinski definition) is 6. The van der Waals surface area contributed by atoms with Crippen LogP contribution in [0.2, 0.25) is 0 Å². The number of carbonyl (C=O) groups excluding carboxylic acids is 1. The van der Waals surface area contributed by atoms with Crippen LogP contribution >= 0.6 is 11.8 Å². The number of hydrogen-bond donors (Lipinski definition) is 0. The monoisotopic (exact) mass is 368 g/mol. The number of rotatable bonds is 5. The highest BCUT2D eigenvalue weighted by molar-refractivity contribution is 8.00. The molecule has 2 heterocycles. The maximum atomic E-state index is 11.8. The SMILES string of the molecule is COC(=O)[C@H](C)Sc1nnc(-c2ccccn2)n1-c1ccc(C)cc1C. The maximum Gasteiger partial charge on any atom is 0.318 e. The summed E-state index contributed by atoms with van der Waals surface area (Å²) in [7, 11) is 1.38. The molecule has 0 aliphatic heterocycles. The molecule has 0 bridgehead atoms. The Kier molecular flexibility index (Phi) is 5.37. The number of pyridine rings is 1. The average molecular weight is 368 g/mol. The van der Waals surface area contributed by atoms with Crippen LogP contribution in [0.4, 0.5) is 0 Å². The number of nitrogens with zero attached hydrogens (tertiary/aromatic N) is 4. The first-order chi connectivity index (χ1) is 12.5. The Labute approximate surface area is 156 Å². The quantitative estimate of drug-likeness (QED) is 0.506. The van der Waals surface area contributed by atoms with E-state index in [1.54, 1.807) is 13.1 Å². The third kappa shape index (κ3) is 3.62. The van der Waals surface area contributed by atoms with E-state index in [0.29, 0.717) is 11.0 Å². The Morgan fingerprint density at radius 3 is 2.65 bits per heavy atom. The predicted molar refractivity (Wildman–Crippen MR) is 101 cm³/mol. The summed E-state index contributed by atoms with van der Waals surface area (Å²) in [5.41, 5.74) is 3.95. The topological polar surface area (TPSA) is 69.9 Å². The minimum Gasteiger partial charge on any atom is -0.468 e. The van der Waals surface area contributed by atoms with Gasteiger partial charge in [-0.15, -0.1) is 10.2 Å². The van der Waals surface area contributed by atoms with Gasteiger partial charge in [-0.05, 0) is 44.5 Å². The van der Waals surface area contributed by atoms with Crippen molar-refractivity contribution in [1.82, 2.24) is 19.7 Å². The molecule has 0 saturated heterocycles. The summed E-state index contributed by atoms with van der Waals surface area (Å²) < 4.78 is 6.78. The van der Waals surface area contributed by atoms with Gasteiger partial charge in [0.1, 0.15) is 10.9 Å². The molecule has 0 N–H and O–H groups in total. The maximum absolute atomic E-state index is 11.8. The number of aromatic nitrogens is 4. The normalized spacial score (nSPS) is 12.0. The number of methoxy groups -OCH3 is 1. The van der Waals surface area contributed by atoms with Gasteiger partial charge in [-0.25, -0.2) is 0 Å². The van der Waals surface area contributed by atoms with Crippen molar-refractivity contribution < 1.29 is 9.53 Å². The molecule has 26 heavy (non-hydrogen) atoms. The van der Waals surface area contributed by atoms with Crippen molar-refractivity contribution >= 4 is 17.7 Å².